The van der Waals surface area contributed by atoms with Crippen LogP contribution in [-0.4, -0.2) is 9.97 Å². The summed E-state index contributed by atoms with van der Waals surface area (Å²) in [6.07, 6.45) is 1.71. The molecule has 4 heteroatoms. The highest BCUT2D eigenvalue weighted by Crippen LogP contribution is 2.19. The van der Waals surface area contributed by atoms with Gasteiger partial charge in [0.1, 0.15) is 4.99 Å². The normalized spacial score (nSPS) is 10.3. The van der Waals surface area contributed by atoms with E-state index in [1.807, 2.05) is 17.5 Å². The van der Waals surface area contributed by atoms with Gasteiger partial charge in [-0.25, -0.2) is 0 Å². The van der Waals surface area contributed by atoms with Crippen molar-refractivity contribution in [3.05, 3.63) is 29.3 Å². The number of hydrogen-bond acceptors (Lipinski definition) is 3. The molecule has 0 aliphatic rings. The predicted octanol–water partition coefficient (Wildman–Crippen LogP) is 1.93. The van der Waals surface area contributed by atoms with Crippen molar-refractivity contribution < 1.29 is 0 Å². The quantitative estimate of drug-likeness (QED) is 0.705. The van der Waals surface area contributed by atoms with E-state index in [2.05, 4.69) is 4.98 Å². The second kappa shape index (κ2) is 2.80. The molecule has 2 aromatic rings. The molecule has 0 amide bonds. The Balaban J connectivity index is 2.68. The molecular formula is C8H6N2S2. The molecule has 0 spiro atoms. The van der Waals surface area contributed by atoms with Crippen LogP contribution in [0.15, 0.2) is 23.7 Å². The first-order chi connectivity index (χ1) is 5.77. The SMILES string of the molecule is NC(=S)c1cnc2ccsc2c1. The van der Waals surface area contributed by atoms with Crippen molar-refractivity contribution in [1.29, 1.82) is 0 Å². The number of pyridine rings is 1. The third-order valence-corrected chi connectivity index (χ3v) is 2.68. The molecule has 2 aromatic heterocycles. The minimum Gasteiger partial charge on any atom is -0.389 e. The molecule has 0 aliphatic heterocycles. The van der Waals surface area contributed by atoms with Crippen molar-refractivity contribution in [2.45, 2.75) is 0 Å². The molecule has 0 aromatic carbocycles. The van der Waals surface area contributed by atoms with Gasteiger partial charge in [0.25, 0.3) is 0 Å². The van der Waals surface area contributed by atoms with Crippen molar-refractivity contribution in [3.8, 4) is 0 Å². The van der Waals surface area contributed by atoms with E-state index >= 15 is 0 Å². The predicted molar refractivity (Wildman–Crippen MR) is 55.5 cm³/mol. The van der Waals surface area contributed by atoms with Crippen molar-refractivity contribution in [1.82, 2.24) is 4.98 Å². The molecule has 60 valence electrons. The van der Waals surface area contributed by atoms with Crippen LogP contribution in [0.4, 0.5) is 0 Å². The van der Waals surface area contributed by atoms with E-state index in [4.69, 9.17) is 18.0 Å². The highest BCUT2D eigenvalue weighted by Gasteiger charge is 1.99. The summed E-state index contributed by atoms with van der Waals surface area (Å²) >= 11 is 6.48. The number of nitrogens with zero attached hydrogens (tertiary/aromatic N) is 1. The molecule has 2 nitrogen and oxygen atoms in total. The van der Waals surface area contributed by atoms with Crippen LogP contribution in [0.25, 0.3) is 10.2 Å². The van der Waals surface area contributed by atoms with Gasteiger partial charge in [-0.3, -0.25) is 4.98 Å². The average molecular weight is 194 g/mol. The van der Waals surface area contributed by atoms with Crippen LogP contribution >= 0.6 is 23.6 Å². The lowest BCUT2D eigenvalue weighted by Crippen LogP contribution is -2.09. The Hall–Kier alpha value is -1.00. The minimum absolute atomic E-state index is 0.401. The standard InChI is InChI=1S/C8H6N2S2/c9-8(11)5-3-7-6(10-4-5)1-2-12-7/h1-4H,(H2,9,11). The molecule has 0 radical (unpaired) electrons. The molecule has 0 saturated carbocycles. The van der Waals surface area contributed by atoms with E-state index in [-0.39, 0.29) is 0 Å². The van der Waals surface area contributed by atoms with Crippen LogP contribution in [0.5, 0.6) is 0 Å². The van der Waals surface area contributed by atoms with Gasteiger partial charge in [-0.15, -0.1) is 11.3 Å². The second-order valence-electron chi connectivity index (χ2n) is 2.39. The zero-order valence-electron chi connectivity index (χ0n) is 6.15. The van der Waals surface area contributed by atoms with Crippen LogP contribution in [0.3, 0.4) is 0 Å². The van der Waals surface area contributed by atoms with E-state index in [9.17, 15) is 0 Å². The number of hydrogen-bond donors (Lipinski definition) is 1. The van der Waals surface area contributed by atoms with Crippen molar-refractivity contribution >= 4 is 38.8 Å². The van der Waals surface area contributed by atoms with Gasteiger partial charge in [-0.2, -0.15) is 0 Å². The molecular weight excluding hydrogens is 188 g/mol. The van der Waals surface area contributed by atoms with Gasteiger partial charge in [0, 0.05) is 11.8 Å². The van der Waals surface area contributed by atoms with E-state index in [0.29, 0.717) is 4.99 Å². The van der Waals surface area contributed by atoms with E-state index < -0.39 is 0 Å². The zero-order valence-corrected chi connectivity index (χ0v) is 7.78. The zero-order chi connectivity index (χ0) is 8.55. The van der Waals surface area contributed by atoms with Crippen LogP contribution in [0.2, 0.25) is 0 Å². The Kier molecular flexibility index (Phi) is 1.78. The molecule has 0 saturated heterocycles. The third kappa shape index (κ3) is 1.19. The molecule has 12 heavy (non-hydrogen) atoms. The fourth-order valence-electron chi connectivity index (χ4n) is 0.981. The number of aromatic nitrogens is 1. The molecule has 2 rings (SSSR count). The van der Waals surface area contributed by atoms with Gasteiger partial charge in [0.15, 0.2) is 0 Å². The third-order valence-electron chi connectivity index (χ3n) is 1.59. The number of thiophene rings is 1. The second-order valence-corrected chi connectivity index (χ2v) is 3.78. The van der Waals surface area contributed by atoms with Crippen LogP contribution in [0.1, 0.15) is 5.56 Å². The van der Waals surface area contributed by atoms with E-state index in [1.165, 1.54) is 0 Å². The van der Waals surface area contributed by atoms with Gasteiger partial charge in [0.2, 0.25) is 0 Å². The highest BCUT2D eigenvalue weighted by molar-refractivity contribution is 7.80. The van der Waals surface area contributed by atoms with E-state index in [1.54, 1.807) is 17.5 Å². The Morgan fingerprint density at radius 1 is 1.58 bits per heavy atom. The molecule has 0 aliphatic carbocycles. The maximum atomic E-state index is 5.47. The van der Waals surface area contributed by atoms with E-state index in [0.717, 1.165) is 15.8 Å². The van der Waals surface area contributed by atoms with Crippen molar-refractivity contribution in [2.24, 2.45) is 5.73 Å². The van der Waals surface area contributed by atoms with Gasteiger partial charge in [0.05, 0.1) is 10.2 Å². The fourth-order valence-corrected chi connectivity index (χ4v) is 1.87. The summed E-state index contributed by atoms with van der Waals surface area (Å²) in [6.45, 7) is 0. The average Bonchev–Trinajstić information content (AvgIpc) is 2.49. The Bertz CT molecular complexity index is 433. The number of fused-ring (bicyclic) bond motifs is 1. The van der Waals surface area contributed by atoms with Gasteiger partial charge < -0.3 is 5.73 Å². The number of nitrogens with two attached hydrogens (primary N) is 1. The number of thiocarbonyl (C=S) groups is 1. The molecule has 2 N–H and O–H groups in total. The summed E-state index contributed by atoms with van der Waals surface area (Å²) in [4.78, 5) is 4.61. The summed E-state index contributed by atoms with van der Waals surface area (Å²) in [6, 6.07) is 3.94. The maximum Gasteiger partial charge on any atom is 0.105 e. The van der Waals surface area contributed by atoms with Crippen molar-refractivity contribution in [2.75, 3.05) is 0 Å². The molecule has 0 atom stereocenters. The smallest absolute Gasteiger partial charge is 0.105 e. The fraction of sp³-hybridized carbons (Fsp3) is 0. The first kappa shape index (κ1) is 7.64. The summed E-state index contributed by atoms with van der Waals surface area (Å²) in [5, 5.41) is 2.00. The Labute approximate surface area is 79.0 Å². The first-order valence-electron chi connectivity index (χ1n) is 3.40. The summed E-state index contributed by atoms with van der Waals surface area (Å²) in [5.74, 6) is 0. The van der Waals surface area contributed by atoms with Gasteiger partial charge in [-0.05, 0) is 17.5 Å². The number of rotatable bonds is 1. The van der Waals surface area contributed by atoms with Crippen LogP contribution in [0, 0.1) is 0 Å². The van der Waals surface area contributed by atoms with Crippen molar-refractivity contribution in [3.63, 3.8) is 0 Å². The van der Waals surface area contributed by atoms with Gasteiger partial charge >= 0.3 is 0 Å². The maximum absolute atomic E-state index is 5.47. The van der Waals surface area contributed by atoms with Crippen LogP contribution < -0.4 is 5.73 Å². The summed E-state index contributed by atoms with van der Waals surface area (Å²) < 4.78 is 1.13. The molecule has 0 unspecified atom stereocenters. The summed E-state index contributed by atoms with van der Waals surface area (Å²) in [7, 11) is 0. The van der Waals surface area contributed by atoms with Gasteiger partial charge in [-0.1, -0.05) is 12.2 Å². The monoisotopic (exact) mass is 194 g/mol. The Morgan fingerprint density at radius 3 is 3.17 bits per heavy atom. The molecule has 2 heterocycles. The Morgan fingerprint density at radius 2 is 2.42 bits per heavy atom. The lowest BCUT2D eigenvalue weighted by molar-refractivity contribution is 1.41. The lowest BCUT2D eigenvalue weighted by Gasteiger charge is -1.95. The molecule has 0 fully saturated rings. The largest absolute Gasteiger partial charge is 0.389 e. The first-order valence-corrected chi connectivity index (χ1v) is 4.69. The van der Waals surface area contributed by atoms with Crippen LogP contribution in [-0.2, 0) is 0 Å². The topological polar surface area (TPSA) is 38.9 Å². The summed E-state index contributed by atoms with van der Waals surface area (Å²) in [5.41, 5.74) is 7.30. The lowest BCUT2D eigenvalue weighted by atomic mass is 10.3. The molecule has 0 bridgehead atoms. The highest BCUT2D eigenvalue weighted by atomic mass is 32.1. The minimum atomic E-state index is 0.401.